The van der Waals surface area contributed by atoms with Crippen molar-refractivity contribution in [1.29, 1.82) is 0 Å². The van der Waals surface area contributed by atoms with E-state index in [-0.39, 0.29) is 12.4 Å². The van der Waals surface area contributed by atoms with E-state index in [1.54, 1.807) is 20.1 Å². The molecule has 200 valence electrons. The molecule has 0 unspecified atom stereocenters. The number of nitrogens with one attached hydrogen (secondary N) is 1. The van der Waals surface area contributed by atoms with Crippen LogP contribution in [-0.2, 0) is 22.7 Å². The second-order valence-electron chi connectivity index (χ2n) is 8.77. The fourth-order valence-electron chi connectivity index (χ4n) is 4.20. The summed E-state index contributed by atoms with van der Waals surface area (Å²) in [6.45, 7) is 2.85. The van der Waals surface area contributed by atoms with Crippen LogP contribution in [0.3, 0.4) is 0 Å². The molecule has 0 bridgehead atoms. The van der Waals surface area contributed by atoms with Gasteiger partial charge in [0, 0.05) is 30.1 Å². The van der Waals surface area contributed by atoms with E-state index in [1.807, 2.05) is 54.6 Å². The molecule has 5 rings (SSSR count). The fraction of sp³-hybridized carbons (Fsp3) is 0.241. The number of hydrogen-bond acceptors (Lipinski definition) is 9. The van der Waals surface area contributed by atoms with E-state index in [9.17, 15) is 9.59 Å². The number of anilines is 2. The molecule has 0 fully saturated rings. The predicted octanol–water partition coefficient (Wildman–Crippen LogP) is 5.21. The summed E-state index contributed by atoms with van der Waals surface area (Å²) in [5, 5.41) is 4.05. The molecule has 5 aromatic rings. The minimum atomic E-state index is -0.489. The Bertz CT molecular complexity index is 1640. The lowest BCUT2D eigenvalue weighted by Gasteiger charge is -2.11. The van der Waals surface area contributed by atoms with Gasteiger partial charge in [0.2, 0.25) is 0 Å². The first-order valence-corrected chi connectivity index (χ1v) is 12.6. The highest BCUT2D eigenvalue weighted by atomic mass is 16.5. The molecule has 10 nitrogen and oxygen atoms in total. The topological polar surface area (TPSA) is 118 Å². The van der Waals surface area contributed by atoms with E-state index in [4.69, 9.17) is 18.6 Å². The first kappa shape index (κ1) is 25.8. The average molecular weight is 529 g/mol. The molecule has 0 saturated carbocycles. The Kier molecular flexibility index (Phi) is 7.72. The third kappa shape index (κ3) is 6.01. The SMILES string of the molecule is CCOC(=O)CCCn1c(=O)oc2cc3ncnc(Nc4ccc(OCc5ccc(OC)cc5)cc4)c3cc21. The quantitative estimate of drug-likeness (QED) is 0.230. The number of oxazole rings is 1. The molecule has 0 aliphatic heterocycles. The number of hydrogen-bond donors (Lipinski definition) is 1. The summed E-state index contributed by atoms with van der Waals surface area (Å²) in [4.78, 5) is 33.0. The van der Waals surface area contributed by atoms with Crippen LogP contribution in [0.2, 0.25) is 0 Å². The third-order valence-corrected chi connectivity index (χ3v) is 6.17. The highest BCUT2D eigenvalue weighted by Crippen LogP contribution is 2.28. The van der Waals surface area contributed by atoms with Crippen LogP contribution < -0.4 is 20.5 Å². The first-order chi connectivity index (χ1) is 19.0. The summed E-state index contributed by atoms with van der Waals surface area (Å²) in [5.41, 5.74) is 3.51. The van der Waals surface area contributed by atoms with Crippen molar-refractivity contribution in [1.82, 2.24) is 14.5 Å². The van der Waals surface area contributed by atoms with E-state index >= 15 is 0 Å². The molecule has 2 heterocycles. The molecule has 39 heavy (non-hydrogen) atoms. The van der Waals surface area contributed by atoms with Gasteiger partial charge in [0.25, 0.3) is 0 Å². The van der Waals surface area contributed by atoms with Crippen molar-refractivity contribution < 1.29 is 23.4 Å². The molecule has 0 aliphatic rings. The lowest BCUT2D eigenvalue weighted by Crippen LogP contribution is -2.15. The molecule has 0 aliphatic carbocycles. The molecular weight excluding hydrogens is 500 g/mol. The molecular formula is C29H28N4O6. The number of esters is 1. The minimum Gasteiger partial charge on any atom is -0.497 e. The van der Waals surface area contributed by atoms with Gasteiger partial charge in [-0.25, -0.2) is 14.8 Å². The second-order valence-corrected chi connectivity index (χ2v) is 8.77. The Morgan fingerprint density at radius 2 is 1.79 bits per heavy atom. The molecule has 10 heteroatoms. The van der Waals surface area contributed by atoms with Crippen molar-refractivity contribution in [3.63, 3.8) is 0 Å². The van der Waals surface area contributed by atoms with Gasteiger partial charge in [-0.15, -0.1) is 0 Å². The second kappa shape index (κ2) is 11.7. The Hall–Kier alpha value is -4.86. The van der Waals surface area contributed by atoms with Gasteiger partial charge in [-0.3, -0.25) is 9.36 Å². The molecule has 0 atom stereocenters. The van der Waals surface area contributed by atoms with Crippen LogP contribution in [0.4, 0.5) is 11.5 Å². The smallest absolute Gasteiger partial charge is 0.419 e. The molecule has 1 N–H and O–H groups in total. The van der Waals surface area contributed by atoms with Crippen LogP contribution in [0.15, 0.2) is 76.2 Å². The summed E-state index contributed by atoms with van der Waals surface area (Å²) in [6, 6.07) is 18.8. The monoisotopic (exact) mass is 528 g/mol. The zero-order valence-corrected chi connectivity index (χ0v) is 21.7. The maximum Gasteiger partial charge on any atom is 0.419 e. The standard InChI is InChI=1S/C29H28N4O6/c1-3-37-27(34)5-4-14-33-25-15-23-24(16-26(25)39-29(33)35)30-18-31-28(23)32-20-8-12-22(13-9-20)38-17-19-6-10-21(36-2)11-7-19/h6-13,15-16,18H,3-5,14,17H2,1-2H3,(H,30,31,32). The van der Waals surface area contributed by atoms with Crippen molar-refractivity contribution in [2.45, 2.75) is 32.9 Å². The largest absolute Gasteiger partial charge is 0.497 e. The van der Waals surface area contributed by atoms with E-state index in [0.29, 0.717) is 48.6 Å². The number of fused-ring (bicyclic) bond motifs is 2. The maximum atomic E-state index is 12.5. The number of ether oxygens (including phenoxy) is 3. The van der Waals surface area contributed by atoms with Gasteiger partial charge in [-0.1, -0.05) is 12.1 Å². The van der Waals surface area contributed by atoms with Gasteiger partial charge < -0.3 is 23.9 Å². The van der Waals surface area contributed by atoms with E-state index < -0.39 is 5.76 Å². The average Bonchev–Trinajstić information content (AvgIpc) is 3.26. The number of rotatable bonds is 11. The van der Waals surface area contributed by atoms with Gasteiger partial charge in [-0.05, 0) is 61.4 Å². The molecule has 0 spiro atoms. The molecule has 0 saturated heterocycles. The zero-order valence-electron chi connectivity index (χ0n) is 21.7. The van der Waals surface area contributed by atoms with Crippen molar-refractivity contribution in [2.24, 2.45) is 0 Å². The normalized spacial score (nSPS) is 11.0. The summed E-state index contributed by atoms with van der Waals surface area (Å²) in [6.07, 6.45) is 2.13. The first-order valence-electron chi connectivity index (χ1n) is 12.6. The highest BCUT2D eigenvalue weighted by molar-refractivity contribution is 5.98. The number of aromatic nitrogens is 3. The van der Waals surface area contributed by atoms with Crippen LogP contribution in [0, 0.1) is 0 Å². The highest BCUT2D eigenvalue weighted by Gasteiger charge is 2.14. The van der Waals surface area contributed by atoms with Crippen molar-refractivity contribution in [3.05, 3.63) is 83.1 Å². The Morgan fingerprint density at radius 1 is 1.03 bits per heavy atom. The van der Waals surface area contributed by atoms with E-state index in [1.165, 1.54) is 10.9 Å². The molecule has 0 radical (unpaired) electrons. The Morgan fingerprint density at radius 3 is 2.54 bits per heavy atom. The van der Waals surface area contributed by atoms with Gasteiger partial charge in [0.1, 0.15) is 30.3 Å². The number of methoxy groups -OCH3 is 1. The van der Waals surface area contributed by atoms with Crippen LogP contribution in [0.1, 0.15) is 25.3 Å². The van der Waals surface area contributed by atoms with Crippen LogP contribution in [0.5, 0.6) is 11.5 Å². The van der Waals surface area contributed by atoms with Crippen LogP contribution >= 0.6 is 0 Å². The number of aryl methyl sites for hydroxylation is 1. The summed E-state index contributed by atoms with van der Waals surface area (Å²) < 4.78 is 23.0. The lowest BCUT2D eigenvalue weighted by molar-refractivity contribution is -0.143. The minimum absolute atomic E-state index is 0.219. The third-order valence-electron chi connectivity index (χ3n) is 6.17. The summed E-state index contributed by atoms with van der Waals surface area (Å²) in [7, 11) is 1.64. The molecule has 0 amide bonds. The number of nitrogens with zero attached hydrogens (tertiary/aromatic N) is 3. The fourth-order valence-corrected chi connectivity index (χ4v) is 4.20. The van der Waals surface area contributed by atoms with E-state index in [2.05, 4.69) is 15.3 Å². The van der Waals surface area contributed by atoms with Crippen molar-refractivity contribution in [2.75, 3.05) is 19.0 Å². The van der Waals surface area contributed by atoms with Gasteiger partial charge in [-0.2, -0.15) is 0 Å². The number of carbonyl (C=O) groups excluding carboxylic acids is 1. The molecule has 2 aromatic heterocycles. The van der Waals surface area contributed by atoms with Gasteiger partial charge in [0.15, 0.2) is 5.58 Å². The van der Waals surface area contributed by atoms with Crippen LogP contribution in [-0.4, -0.2) is 34.2 Å². The molecule has 3 aromatic carbocycles. The van der Waals surface area contributed by atoms with Crippen molar-refractivity contribution >= 4 is 39.5 Å². The maximum absolute atomic E-state index is 12.5. The van der Waals surface area contributed by atoms with Crippen molar-refractivity contribution in [3.8, 4) is 11.5 Å². The lowest BCUT2D eigenvalue weighted by atomic mass is 10.2. The Labute approximate surface area is 224 Å². The number of carbonyl (C=O) groups is 1. The summed E-state index contributed by atoms with van der Waals surface area (Å²) in [5.74, 6) is 1.34. The van der Waals surface area contributed by atoms with E-state index in [0.717, 1.165) is 28.1 Å². The summed E-state index contributed by atoms with van der Waals surface area (Å²) >= 11 is 0. The Balaban J connectivity index is 1.32. The predicted molar refractivity (Wildman–Crippen MR) is 146 cm³/mol. The van der Waals surface area contributed by atoms with Crippen LogP contribution in [0.25, 0.3) is 22.0 Å². The van der Waals surface area contributed by atoms with Gasteiger partial charge in [0.05, 0.1) is 24.8 Å². The zero-order chi connectivity index (χ0) is 27.2. The number of benzene rings is 3. The van der Waals surface area contributed by atoms with Gasteiger partial charge >= 0.3 is 11.7 Å².